The second kappa shape index (κ2) is 6.33. The van der Waals surface area contributed by atoms with Gasteiger partial charge >= 0.3 is 5.97 Å². The number of carbonyl (C=O) groups is 2. The van der Waals surface area contributed by atoms with E-state index < -0.39 is 12.0 Å². The monoisotopic (exact) mass is 293 g/mol. The Hall–Kier alpha value is -2.15. The summed E-state index contributed by atoms with van der Waals surface area (Å²) in [6.07, 6.45) is 6.10. The minimum Gasteiger partial charge on any atom is -0.480 e. The number of amides is 1. The number of aliphatic carboxylic acids is 1. The molecule has 2 rings (SSSR count). The second-order valence-electron chi connectivity index (χ2n) is 4.31. The molecule has 2 aromatic heterocycles. The molecule has 1 atom stereocenters. The molecule has 6 nitrogen and oxygen atoms in total. The number of nitrogens with one attached hydrogen (secondary N) is 1. The van der Waals surface area contributed by atoms with Crippen LogP contribution in [0, 0.1) is 0 Å². The summed E-state index contributed by atoms with van der Waals surface area (Å²) < 4.78 is 1.82. The number of rotatable bonds is 7. The molecule has 0 aliphatic rings. The maximum atomic E-state index is 11.9. The lowest BCUT2D eigenvalue weighted by atomic mass is 10.1. The number of carboxylic acids is 1. The van der Waals surface area contributed by atoms with Crippen molar-refractivity contribution in [1.29, 1.82) is 0 Å². The first-order chi connectivity index (χ1) is 9.61. The molecule has 0 fully saturated rings. The molecule has 0 radical (unpaired) electrons. The van der Waals surface area contributed by atoms with Crippen molar-refractivity contribution >= 4 is 28.2 Å². The van der Waals surface area contributed by atoms with Crippen LogP contribution in [-0.2, 0) is 16.0 Å². The van der Waals surface area contributed by atoms with Crippen LogP contribution in [-0.4, -0.2) is 32.4 Å². The summed E-state index contributed by atoms with van der Waals surface area (Å²) in [5.74, 6) is -1.34. The summed E-state index contributed by atoms with van der Waals surface area (Å²) in [7, 11) is 0. The molecular formula is C13H15N3O3S. The number of carbonyl (C=O) groups excluding carboxylic acids is 1. The van der Waals surface area contributed by atoms with E-state index in [4.69, 9.17) is 5.11 Å². The van der Waals surface area contributed by atoms with Crippen LogP contribution < -0.4 is 5.32 Å². The number of hydrogen-bond acceptors (Lipinski definition) is 4. The van der Waals surface area contributed by atoms with Crippen molar-refractivity contribution in [2.24, 2.45) is 0 Å². The van der Waals surface area contributed by atoms with Crippen molar-refractivity contribution in [3.8, 4) is 0 Å². The summed E-state index contributed by atoms with van der Waals surface area (Å²) in [5, 5.41) is 13.4. The number of aromatic nitrogens is 2. The topological polar surface area (TPSA) is 83.7 Å². The lowest BCUT2D eigenvalue weighted by molar-refractivity contribution is -0.141. The number of hydrogen-bond donors (Lipinski definition) is 2. The van der Waals surface area contributed by atoms with Gasteiger partial charge in [-0.05, 0) is 12.8 Å². The van der Waals surface area contributed by atoms with Crippen LogP contribution in [0.1, 0.15) is 18.5 Å². The van der Waals surface area contributed by atoms with Gasteiger partial charge in [0.15, 0.2) is 4.96 Å². The van der Waals surface area contributed by atoms with Gasteiger partial charge in [0.05, 0.1) is 6.42 Å². The Bertz CT molecular complexity index is 632. The van der Waals surface area contributed by atoms with Crippen LogP contribution in [0.25, 0.3) is 4.96 Å². The Morgan fingerprint density at radius 1 is 1.60 bits per heavy atom. The number of allylic oxidation sites excluding steroid dienone is 1. The maximum Gasteiger partial charge on any atom is 0.326 e. The Morgan fingerprint density at radius 3 is 3.10 bits per heavy atom. The molecule has 0 spiro atoms. The molecule has 0 saturated carbocycles. The van der Waals surface area contributed by atoms with Crippen LogP contribution >= 0.6 is 11.3 Å². The maximum absolute atomic E-state index is 11.9. The predicted molar refractivity (Wildman–Crippen MR) is 75.8 cm³/mol. The van der Waals surface area contributed by atoms with Gasteiger partial charge in [-0.3, -0.25) is 9.20 Å². The molecule has 2 N–H and O–H groups in total. The van der Waals surface area contributed by atoms with E-state index in [1.165, 1.54) is 11.3 Å². The Kier molecular flexibility index (Phi) is 4.52. The van der Waals surface area contributed by atoms with E-state index in [9.17, 15) is 9.59 Å². The van der Waals surface area contributed by atoms with Gasteiger partial charge in [-0.2, -0.15) is 0 Å². The predicted octanol–water partition coefficient (Wildman–Crippen LogP) is 1.47. The van der Waals surface area contributed by atoms with Gasteiger partial charge in [0.1, 0.15) is 6.04 Å². The van der Waals surface area contributed by atoms with E-state index in [2.05, 4.69) is 16.9 Å². The summed E-state index contributed by atoms with van der Waals surface area (Å²) in [6, 6.07) is -0.877. The number of nitrogens with zero attached hydrogens (tertiary/aromatic N) is 2. The molecule has 1 amide bonds. The highest BCUT2D eigenvalue weighted by Gasteiger charge is 2.19. The van der Waals surface area contributed by atoms with Crippen LogP contribution in [0.3, 0.4) is 0 Å². The minimum absolute atomic E-state index is 0.133. The fraction of sp³-hybridized carbons (Fsp3) is 0.308. The van der Waals surface area contributed by atoms with Crippen molar-refractivity contribution in [1.82, 2.24) is 14.7 Å². The Morgan fingerprint density at radius 2 is 2.40 bits per heavy atom. The van der Waals surface area contributed by atoms with E-state index in [-0.39, 0.29) is 12.3 Å². The number of thiazole rings is 1. The standard InChI is InChI=1S/C13H15N3O3S/c1-2-3-4-10(12(18)19)15-11(17)7-9-8-20-13-14-5-6-16(9)13/h2,5-6,8,10H,1,3-4,7H2,(H,15,17)(H,18,19). The Labute approximate surface area is 119 Å². The lowest BCUT2D eigenvalue weighted by Gasteiger charge is -2.13. The summed E-state index contributed by atoms with van der Waals surface area (Å²) in [6.45, 7) is 3.55. The van der Waals surface area contributed by atoms with E-state index >= 15 is 0 Å². The summed E-state index contributed by atoms with van der Waals surface area (Å²) >= 11 is 1.44. The number of carboxylic acid groups (broad SMARTS) is 1. The fourth-order valence-corrected chi connectivity index (χ4v) is 2.70. The van der Waals surface area contributed by atoms with E-state index in [0.717, 1.165) is 10.7 Å². The fourth-order valence-electron chi connectivity index (χ4n) is 1.85. The molecule has 2 heterocycles. The molecule has 0 aliphatic heterocycles. The van der Waals surface area contributed by atoms with Crippen LogP contribution in [0.2, 0.25) is 0 Å². The minimum atomic E-state index is -1.03. The van der Waals surface area contributed by atoms with Crippen molar-refractivity contribution in [3.63, 3.8) is 0 Å². The van der Waals surface area contributed by atoms with Gasteiger partial charge in [0.25, 0.3) is 0 Å². The number of fused-ring (bicyclic) bond motifs is 1. The van der Waals surface area contributed by atoms with Gasteiger partial charge in [-0.1, -0.05) is 6.08 Å². The highest BCUT2D eigenvalue weighted by atomic mass is 32.1. The zero-order valence-electron chi connectivity index (χ0n) is 10.8. The zero-order chi connectivity index (χ0) is 14.5. The first-order valence-corrected chi connectivity index (χ1v) is 7.02. The van der Waals surface area contributed by atoms with E-state index in [1.54, 1.807) is 18.5 Å². The molecule has 0 bridgehead atoms. The van der Waals surface area contributed by atoms with E-state index in [0.29, 0.717) is 12.8 Å². The highest BCUT2D eigenvalue weighted by Crippen LogP contribution is 2.14. The third-order valence-corrected chi connectivity index (χ3v) is 3.75. The van der Waals surface area contributed by atoms with Crippen LogP contribution in [0.4, 0.5) is 0 Å². The molecule has 7 heteroatoms. The first-order valence-electron chi connectivity index (χ1n) is 6.14. The lowest BCUT2D eigenvalue weighted by Crippen LogP contribution is -2.41. The molecule has 0 aromatic carbocycles. The molecular weight excluding hydrogens is 278 g/mol. The molecule has 0 aliphatic carbocycles. The quantitative estimate of drug-likeness (QED) is 0.757. The SMILES string of the molecule is C=CCCC(NC(=O)Cc1csc2nccn12)C(=O)O. The van der Waals surface area contributed by atoms with Crippen molar-refractivity contribution in [2.45, 2.75) is 25.3 Å². The second-order valence-corrected chi connectivity index (χ2v) is 5.14. The van der Waals surface area contributed by atoms with Crippen molar-refractivity contribution in [3.05, 3.63) is 36.1 Å². The summed E-state index contributed by atoms with van der Waals surface area (Å²) in [4.78, 5) is 27.9. The Balaban J connectivity index is 1.99. The van der Waals surface area contributed by atoms with Gasteiger partial charge in [-0.25, -0.2) is 9.78 Å². The highest BCUT2D eigenvalue weighted by molar-refractivity contribution is 7.15. The third kappa shape index (κ3) is 3.24. The zero-order valence-corrected chi connectivity index (χ0v) is 11.6. The van der Waals surface area contributed by atoms with Gasteiger partial charge in [-0.15, -0.1) is 17.9 Å². The van der Waals surface area contributed by atoms with Crippen molar-refractivity contribution < 1.29 is 14.7 Å². The molecule has 20 heavy (non-hydrogen) atoms. The van der Waals surface area contributed by atoms with Crippen molar-refractivity contribution in [2.75, 3.05) is 0 Å². The molecule has 1 unspecified atom stereocenters. The summed E-state index contributed by atoms with van der Waals surface area (Å²) in [5.41, 5.74) is 0.799. The number of imidazole rings is 1. The van der Waals surface area contributed by atoms with Crippen LogP contribution in [0.15, 0.2) is 30.4 Å². The first kappa shape index (κ1) is 14.3. The molecule has 106 valence electrons. The largest absolute Gasteiger partial charge is 0.480 e. The third-order valence-electron chi connectivity index (χ3n) is 2.85. The smallest absolute Gasteiger partial charge is 0.326 e. The van der Waals surface area contributed by atoms with Gasteiger partial charge in [0, 0.05) is 23.5 Å². The molecule has 0 saturated heterocycles. The average Bonchev–Trinajstić information content (AvgIpc) is 2.99. The van der Waals surface area contributed by atoms with Gasteiger partial charge < -0.3 is 10.4 Å². The van der Waals surface area contributed by atoms with E-state index in [1.807, 2.05) is 9.78 Å². The average molecular weight is 293 g/mol. The van der Waals surface area contributed by atoms with Crippen LogP contribution in [0.5, 0.6) is 0 Å². The normalized spacial score (nSPS) is 12.2. The van der Waals surface area contributed by atoms with Gasteiger partial charge in [0.2, 0.25) is 5.91 Å². The molecule has 2 aromatic rings.